The molecule has 2 unspecified atom stereocenters. The topological polar surface area (TPSA) is 133 Å². The summed E-state index contributed by atoms with van der Waals surface area (Å²) in [7, 11) is 0. The Balaban J connectivity index is 1.78. The fourth-order valence-electron chi connectivity index (χ4n) is 4.51. The lowest BCUT2D eigenvalue weighted by Gasteiger charge is -2.29. The SMILES string of the molecule is Cc1noc(C(C)NC(=O)C(=O)c2c(C)c(C(N)=O)c3n2C(c2ccc(F)c(F)c2)CCC3)n1. The summed E-state index contributed by atoms with van der Waals surface area (Å²) in [6.07, 6.45) is 1.55. The molecule has 4 rings (SSSR count). The Morgan fingerprint density at radius 2 is 1.97 bits per heavy atom. The number of benzene rings is 1. The fourth-order valence-corrected chi connectivity index (χ4v) is 4.51. The number of hydrogen-bond donors (Lipinski definition) is 2. The Morgan fingerprint density at radius 1 is 1.24 bits per heavy atom. The van der Waals surface area contributed by atoms with E-state index < -0.39 is 41.3 Å². The van der Waals surface area contributed by atoms with Crippen molar-refractivity contribution >= 4 is 17.6 Å². The van der Waals surface area contributed by atoms with Gasteiger partial charge in [-0.25, -0.2) is 8.78 Å². The summed E-state index contributed by atoms with van der Waals surface area (Å²) in [5, 5.41) is 6.19. The largest absolute Gasteiger partial charge is 0.366 e. The Hall–Kier alpha value is -3.89. The molecule has 2 atom stereocenters. The maximum Gasteiger partial charge on any atom is 0.294 e. The third-order valence-electron chi connectivity index (χ3n) is 6.01. The smallest absolute Gasteiger partial charge is 0.294 e. The molecule has 0 saturated heterocycles. The molecule has 178 valence electrons. The van der Waals surface area contributed by atoms with E-state index in [0.717, 1.165) is 12.1 Å². The number of nitrogens with one attached hydrogen (secondary N) is 1. The molecule has 3 heterocycles. The summed E-state index contributed by atoms with van der Waals surface area (Å²) in [6, 6.07) is 2.15. The highest BCUT2D eigenvalue weighted by Gasteiger charge is 2.36. The van der Waals surface area contributed by atoms with Crippen molar-refractivity contribution in [3.8, 4) is 0 Å². The van der Waals surface area contributed by atoms with Gasteiger partial charge in [0.2, 0.25) is 5.89 Å². The molecule has 9 nitrogen and oxygen atoms in total. The molecule has 0 saturated carbocycles. The van der Waals surface area contributed by atoms with E-state index in [4.69, 9.17) is 10.3 Å². The highest BCUT2D eigenvalue weighted by atomic mass is 19.2. The molecule has 2 amide bonds. The number of ketones is 1. The van der Waals surface area contributed by atoms with Gasteiger partial charge >= 0.3 is 0 Å². The summed E-state index contributed by atoms with van der Waals surface area (Å²) in [4.78, 5) is 42.6. The molecule has 0 bridgehead atoms. The van der Waals surface area contributed by atoms with Crippen LogP contribution < -0.4 is 11.1 Å². The monoisotopic (exact) mass is 471 g/mol. The second-order valence-corrected chi connectivity index (χ2v) is 8.32. The van der Waals surface area contributed by atoms with Gasteiger partial charge in [0.15, 0.2) is 17.5 Å². The van der Waals surface area contributed by atoms with Crippen molar-refractivity contribution in [2.45, 2.75) is 52.1 Å². The predicted molar refractivity (Wildman–Crippen MR) is 115 cm³/mol. The highest BCUT2D eigenvalue weighted by molar-refractivity contribution is 6.43. The standard InChI is InChI=1S/C23H23F2N5O4/c1-10-18(21(26)32)17-6-4-5-16(13-7-8-14(24)15(25)9-13)30(17)19(10)20(31)22(33)27-11(2)23-28-12(3)29-34-23/h7-9,11,16H,4-6H2,1-3H3,(H2,26,32)(H,27,33). The van der Waals surface area contributed by atoms with Gasteiger partial charge in [0.05, 0.1) is 17.3 Å². The summed E-state index contributed by atoms with van der Waals surface area (Å²) in [5.41, 5.74) is 6.91. The van der Waals surface area contributed by atoms with Crippen LogP contribution in [0.1, 0.15) is 81.2 Å². The number of hydrogen-bond acceptors (Lipinski definition) is 6. The van der Waals surface area contributed by atoms with Crippen LogP contribution in [-0.4, -0.2) is 32.3 Å². The van der Waals surface area contributed by atoms with Crippen LogP contribution in [-0.2, 0) is 11.2 Å². The first kappa shape index (κ1) is 23.3. The molecule has 1 aliphatic heterocycles. The van der Waals surface area contributed by atoms with Crippen LogP contribution in [0, 0.1) is 25.5 Å². The maximum absolute atomic E-state index is 14.0. The second-order valence-electron chi connectivity index (χ2n) is 8.32. The number of primary amides is 1. The minimum atomic E-state index is -1.03. The van der Waals surface area contributed by atoms with Gasteiger partial charge in [-0.05, 0) is 63.3 Å². The number of carbonyl (C=O) groups is 3. The third-order valence-corrected chi connectivity index (χ3v) is 6.01. The molecule has 0 radical (unpaired) electrons. The number of aromatic nitrogens is 3. The lowest BCUT2D eigenvalue weighted by atomic mass is 9.94. The van der Waals surface area contributed by atoms with Crippen LogP contribution in [0.25, 0.3) is 0 Å². The van der Waals surface area contributed by atoms with Gasteiger partial charge in [-0.2, -0.15) is 4.98 Å². The first-order valence-corrected chi connectivity index (χ1v) is 10.7. The summed E-state index contributed by atoms with van der Waals surface area (Å²) < 4.78 is 34.2. The van der Waals surface area contributed by atoms with Crippen molar-refractivity contribution < 1.29 is 27.7 Å². The second kappa shape index (κ2) is 8.81. The Labute approximate surface area is 193 Å². The van der Waals surface area contributed by atoms with Crippen molar-refractivity contribution in [2.24, 2.45) is 5.73 Å². The van der Waals surface area contributed by atoms with Crippen molar-refractivity contribution in [3.05, 3.63) is 69.6 Å². The molecular weight excluding hydrogens is 448 g/mol. The first-order valence-electron chi connectivity index (χ1n) is 10.7. The third kappa shape index (κ3) is 3.97. The maximum atomic E-state index is 14.0. The van der Waals surface area contributed by atoms with Crippen LogP contribution in [0.2, 0.25) is 0 Å². The van der Waals surface area contributed by atoms with Gasteiger partial charge in [0, 0.05) is 5.69 Å². The van der Waals surface area contributed by atoms with E-state index in [1.807, 2.05) is 0 Å². The Bertz CT molecular complexity index is 1310. The van der Waals surface area contributed by atoms with E-state index in [1.165, 1.54) is 6.07 Å². The average molecular weight is 471 g/mol. The number of halogens is 2. The molecule has 1 aliphatic rings. The van der Waals surface area contributed by atoms with Gasteiger partial charge in [-0.3, -0.25) is 14.4 Å². The van der Waals surface area contributed by atoms with Crippen LogP contribution in [0.4, 0.5) is 8.78 Å². The van der Waals surface area contributed by atoms with E-state index >= 15 is 0 Å². The highest BCUT2D eigenvalue weighted by Crippen LogP contribution is 2.38. The molecule has 0 fully saturated rings. The van der Waals surface area contributed by atoms with Crippen molar-refractivity contribution in [1.82, 2.24) is 20.0 Å². The van der Waals surface area contributed by atoms with Gasteiger partial charge in [0.25, 0.3) is 17.6 Å². The Kier molecular flexibility index (Phi) is 6.03. The lowest BCUT2D eigenvalue weighted by molar-refractivity contribution is -0.117. The van der Waals surface area contributed by atoms with Gasteiger partial charge in [-0.15, -0.1) is 0 Å². The number of fused-ring (bicyclic) bond motifs is 1. The van der Waals surface area contributed by atoms with Crippen LogP contribution in [0.3, 0.4) is 0 Å². The molecule has 3 aromatic rings. The molecule has 3 N–H and O–H groups in total. The van der Waals surface area contributed by atoms with E-state index in [2.05, 4.69) is 15.5 Å². The van der Waals surface area contributed by atoms with Crippen LogP contribution in [0.5, 0.6) is 0 Å². The molecule has 0 spiro atoms. The van der Waals surface area contributed by atoms with E-state index in [0.29, 0.717) is 36.3 Å². The molecule has 2 aromatic heterocycles. The van der Waals surface area contributed by atoms with Crippen LogP contribution >= 0.6 is 0 Å². The average Bonchev–Trinajstić information content (AvgIpc) is 3.35. The van der Waals surface area contributed by atoms with Crippen molar-refractivity contribution in [2.75, 3.05) is 0 Å². The normalized spacial score (nSPS) is 16.1. The van der Waals surface area contributed by atoms with Crippen LogP contribution in [0.15, 0.2) is 22.7 Å². The predicted octanol–water partition coefficient (Wildman–Crippen LogP) is 2.85. The minimum absolute atomic E-state index is 0.0235. The zero-order valence-corrected chi connectivity index (χ0v) is 18.8. The van der Waals surface area contributed by atoms with Crippen molar-refractivity contribution in [1.29, 1.82) is 0 Å². The Morgan fingerprint density at radius 3 is 2.59 bits per heavy atom. The number of nitrogens with zero attached hydrogens (tertiary/aromatic N) is 3. The quantitative estimate of drug-likeness (QED) is 0.420. The van der Waals surface area contributed by atoms with Gasteiger partial charge < -0.3 is 20.1 Å². The van der Waals surface area contributed by atoms with E-state index in [-0.39, 0.29) is 22.7 Å². The first-order chi connectivity index (χ1) is 16.1. The molecular formula is C23H23F2N5O4. The fraction of sp³-hybridized carbons (Fsp3) is 0.348. The number of aryl methyl sites for hydroxylation is 1. The summed E-state index contributed by atoms with van der Waals surface area (Å²) in [6.45, 7) is 4.74. The number of carbonyl (C=O) groups excluding carboxylic acids is 3. The molecule has 0 aliphatic carbocycles. The lowest BCUT2D eigenvalue weighted by Crippen LogP contribution is -2.35. The van der Waals surface area contributed by atoms with Crippen molar-refractivity contribution in [3.63, 3.8) is 0 Å². The molecule has 34 heavy (non-hydrogen) atoms. The number of rotatable bonds is 6. The number of Topliss-reactive ketones (excluding diaryl/α,β-unsaturated/α-hetero) is 1. The van der Waals surface area contributed by atoms with Gasteiger partial charge in [0.1, 0.15) is 6.04 Å². The zero-order valence-electron chi connectivity index (χ0n) is 18.8. The summed E-state index contributed by atoms with van der Waals surface area (Å²) >= 11 is 0. The minimum Gasteiger partial charge on any atom is -0.366 e. The van der Waals surface area contributed by atoms with E-state index in [9.17, 15) is 23.2 Å². The molecule has 1 aromatic carbocycles. The number of nitrogens with two attached hydrogens (primary N) is 1. The summed E-state index contributed by atoms with van der Waals surface area (Å²) in [5.74, 6) is -4.10. The van der Waals surface area contributed by atoms with E-state index in [1.54, 1.807) is 25.3 Å². The zero-order chi connectivity index (χ0) is 24.7. The van der Waals surface area contributed by atoms with Gasteiger partial charge in [-0.1, -0.05) is 11.2 Å². The molecule has 11 heteroatoms. The number of amides is 2.